The van der Waals surface area contributed by atoms with Gasteiger partial charge in [-0.15, -0.1) is 0 Å². The van der Waals surface area contributed by atoms with Crippen LogP contribution in [0.25, 0.3) is 0 Å². The van der Waals surface area contributed by atoms with E-state index in [0.29, 0.717) is 0 Å². The number of rotatable bonds is 0. The van der Waals surface area contributed by atoms with Gasteiger partial charge in [-0.1, -0.05) is 0 Å². The van der Waals surface area contributed by atoms with Crippen molar-refractivity contribution in [1.82, 2.24) is 0 Å². The van der Waals surface area contributed by atoms with Gasteiger partial charge in [0, 0.05) is 0 Å². The molecule has 0 aliphatic carbocycles. The molecule has 1 radical (unpaired) electrons. The Morgan fingerprint density at radius 3 is 0.636 bits per heavy atom. The topological polar surface area (TPSA) is 149 Å². The summed E-state index contributed by atoms with van der Waals surface area (Å²) in [6.45, 7) is 0. The molecular weight excluding hydrogens is 293 g/mol. The van der Waals surface area contributed by atoms with Gasteiger partial charge in [0.1, 0.15) is 0 Å². The summed E-state index contributed by atoms with van der Waals surface area (Å²) >= 11 is -11.2. The normalized spacial score (nSPS) is 10.4. The van der Waals surface area contributed by atoms with Gasteiger partial charge in [0.2, 0.25) is 0 Å². The molecule has 0 saturated carbocycles. The van der Waals surface area contributed by atoms with Crippen LogP contribution >= 0.6 is 0 Å². The molecule has 11 heteroatoms. The van der Waals surface area contributed by atoms with Crippen LogP contribution in [-0.2, 0) is 66.0 Å². The standard InChI is InChI=1S/3Mn.8O/q;;+2;;;;;;;2*-1. The molecular formula is Mn3O8. The molecule has 0 aliphatic rings. The van der Waals surface area contributed by atoms with E-state index in [1.165, 1.54) is 0 Å². The van der Waals surface area contributed by atoms with E-state index in [4.69, 9.17) is 31.4 Å². The molecule has 0 aromatic carbocycles. The number of hydrogen-bond donors (Lipinski definition) is 0. The molecule has 0 unspecified atom stereocenters. The first kappa shape index (κ1) is 17.4. The summed E-state index contributed by atoms with van der Waals surface area (Å²) in [4.78, 5) is 0. The van der Waals surface area contributed by atoms with Gasteiger partial charge in [0.25, 0.3) is 0 Å². The molecule has 69 valence electrons. The van der Waals surface area contributed by atoms with Gasteiger partial charge in [-0.3, -0.25) is 0 Å². The zero-order valence-corrected chi connectivity index (χ0v) is 7.94. The van der Waals surface area contributed by atoms with Crippen LogP contribution in [0, 0.1) is 0 Å². The van der Waals surface area contributed by atoms with Gasteiger partial charge in [-0.05, 0) is 0 Å². The third-order valence-corrected chi connectivity index (χ3v) is 0. The number of hydrogen-bond acceptors (Lipinski definition) is 8. The van der Waals surface area contributed by atoms with E-state index < -0.39 is 25.9 Å². The van der Waals surface area contributed by atoms with Gasteiger partial charge < -0.3 is 0 Å². The third kappa shape index (κ3) is 9090. The average molecular weight is 293 g/mol. The predicted octanol–water partition coefficient (Wildman–Crippen LogP) is -3.10. The molecule has 0 bridgehead atoms. The molecule has 0 spiro atoms. The van der Waals surface area contributed by atoms with Crippen molar-refractivity contribution in [3.63, 3.8) is 0 Å². The fourth-order valence-electron chi connectivity index (χ4n) is 0. The van der Waals surface area contributed by atoms with Crippen LogP contribution < -0.4 is 8.38 Å². The van der Waals surface area contributed by atoms with Crippen LogP contribution in [0.1, 0.15) is 0 Å². The Kier molecular flexibility index (Phi) is 9.28. The quantitative estimate of drug-likeness (QED) is 0.426. The fraction of sp³-hybridized carbons (Fsp3) is 0. The van der Waals surface area contributed by atoms with Gasteiger partial charge in [-0.2, -0.15) is 0 Å². The first-order chi connectivity index (χ1) is 4.00. The summed E-state index contributed by atoms with van der Waals surface area (Å²) in [6, 6.07) is 0. The Labute approximate surface area is 74.4 Å². The van der Waals surface area contributed by atoms with Crippen LogP contribution in [0.15, 0.2) is 0 Å². The first-order valence-electron chi connectivity index (χ1n) is 1.23. The Morgan fingerprint density at radius 2 is 0.636 bits per heavy atom. The Balaban J connectivity index is -0.000000107. The van der Waals surface area contributed by atoms with Gasteiger partial charge >= 0.3 is 74.4 Å². The van der Waals surface area contributed by atoms with Gasteiger partial charge in [0.05, 0.1) is 0 Å². The molecule has 0 aromatic heterocycles. The molecule has 11 heavy (non-hydrogen) atoms. The first-order valence-corrected chi connectivity index (χ1v) is 5.09. The fourth-order valence-corrected chi connectivity index (χ4v) is 0. The van der Waals surface area contributed by atoms with Crippen molar-refractivity contribution in [3.05, 3.63) is 0 Å². The summed E-state index contributed by atoms with van der Waals surface area (Å²) in [5, 5.41) is 0. The van der Waals surface area contributed by atoms with Crippen LogP contribution in [0.3, 0.4) is 0 Å². The van der Waals surface area contributed by atoms with E-state index in [-0.39, 0.29) is 17.1 Å². The van der Waals surface area contributed by atoms with E-state index in [1.54, 1.807) is 0 Å². The molecule has 8 nitrogen and oxygen atoms in total. The molecule has 0 N–H and O–H groups in total. The van der Waals surface area contributed by atoms with Gasteiger partial charge in [-0.25, -0.2) is 0 Å². The Hall–Kier alpha value is 0.278. The predicted molar refractivity (Wildman–Crippen MR) is 4.12 cm³/mol. The Bertz CT molecular complexity index is 294. The molecule has 0 fully saturated rings. The maximum atomic E-state index is 8.58. The van der Waals surface area contributed by atoms with Crippen molar-refractivity contribution in [3.8, 4) is 0 Å². The second kappa shape index (κ2) is 5.87. The SMILES string of the molecule is [Mn+2].[O]=[Mn](=[O])(=[O])[O-].[O]=[Mn](=[O])(=[O])[O-]. The van der Waals surface area contributed by atoms with Crippen molar-refractivity contribution < 1.29 is 74.4 Å². The van der Waals surface area contributed by atoms with Crippen molar-refractivity contribution in [2.75, 3.05) is 0 Å². The van der Waals surface area contributed by atoms with E-state index in [0.717, 1.165) is 0 Å². The molecule has 0 heterocycles. The third-order valence-electron chi connectivity index (χ3n) is 0. The summed E-state index contributed by atoms with van der Waals surface area (Å²) in [5.41, 5.74) is 0. The summed E-state index contributed by atoms with van der Waals surface area (Å²) in [5.74, 6) is 0. The van der Waals surface area contributed by atoms with E-state index in [9.17, 15) is 0 Å². The second-order valence-electron chi connectivity index (χ2n) is 0.756. The monoisotopic (exact) mass is 293 g/mol. The molecule has 0 rings (SSSR count). The minimum atomic E-state index is -5.62. The van der Waals surface area contributed by atoms with Crippen molar-refractivity contribution in [2.45, 2.75) is 0 Å². The molecule has 0 saturated heterocycles. The second-order valence-corrected chi connectivity index (χ2v) is 3.12. The summed E-state index contributed by atoms with van der Waals surface area (Å²) < 4.78 is 68.6. The van der Waals surface area contributed by atoms with Crippen molar-refractivity contribution in [1.29, 1.82) is 0 Å². The summed E-state index contributed by atoms with van der Waals surface area (Å²) in [6.07, 6.45) is 0. The molecule has 0 aromatic rings. The van der Waals surface area contributed by atoms with E-state index in [1.807, 2.05) is 0 Å². The average Bonchev–Trinajstić information content (AvgIpc) is 1.12. The van der Waals surface area contributed by atoms with Crippen LogP contribution in [0.4, 0.5) is 0 Å². The van der Waals surface area contributed by atoms with E-state index >= 15 is 0 Å². The van der Waals surface area contributed by atoms with Crippen molar-refractivity contribution >= 4 is 0 Å². The maximum absolute atomic E-state index is 8.58. The van der Waals surface area contributed by atoms with Crippen LogP contribution in [0.2, 0.25) is 0 Å². The zero-order chi connectivity index (χ0) is 9.00. The zero-order valence-electron chi connectivity index (χ0n) is 4.40. The van der Waals surface area contributed by atoms with Crippen LogP contribution in [0.5, 0.6) is 0 Å². The van der Waals surface area contributed by atoms with E-state index in [2.05, 4.69) is 0 Å². The van der Waals surface area contributed by atoms with Crippen LogP contribution in [-0.4, -0.2) is 0 Å². The minimum absolute atomic E-state index is 0. The summed E-state index contributed by atoms with van der Waals surface area (Å²) in [7, 11) is 0. The Morgan fingerprint density at radius 1 is 0.636 bits per heavy atom. The molecule has 0 aliphatic heterocycles. The molecule has 0 amide bonds. The van der Waals surface area contributed by atoms with Crippen molar-refractivity contribution in [2.24, 2.45) is 0 Å². The molecule has 0 atom stereocenters. The van der Waals surface area contributed by atoms with Gasteiger partial charge in [0.15, 0.2) is 0 Å².